The molecule has 12 atom stereocenters. The van der Waals surface area contributed by atoms with Gasteiger partial charge in [-0.1, -0.05) is 105 Å². The van der Waals surface area contributed by atoms with Crippen molar-refractivity contribution in [3.63, 3.8) is 0 Å². The summed E-state index contributed by atoms with van der Waals surface area (Å²) in [5.41, 5.74) is 5.18. The third kappa shape index (κ3) is 6.78. The number of hydrogen-bond donors (Lipinski definition) is 0. The fourth-order valence-electron chi connectivity index (χ4n) is 11.6. The number of hydrogen-bond acceptors (Lipinski definition) is 1. The van der Waals surface area contributed by atoms with Gasteiger partial charge in [0.25, 0.3) is 0 Å². The van der Waals surface area contributed by atoms with Crippen LogP contribution in [0.1, 0.15) is 110 Å². The van der Waals surface area contributed by atoms with E-state index in [-0.39, 0.29) is 20.3 Å². The van der Waals surface area contributed by atoms with Crippen molar-refractivity contribution in [3.05, 3.63) is 50.2 Å². The molecule has 1 heterocycles. The number of ether oxygens (including phenoxy) is 1. The maximum atomic E-state index is 7.12. The topological polar surface area (TPSA) is 9.23 Å². The third-order valence-electron chi connectivity index (χ3n) is 13.1. The predicted octanol–water partition coefficient (Wildman–Crippen LogP) is 12.1. The molecule has 1 aliphatic heterocycles. The van der Waals surface area contributed by atoms with Gasteiger partial charge in [-0.25, -0.2) is 0 Å². The van der Waals surface area contributed by atoms with Gasteiger partial charge in [-0.3, -0.25) is 0 Å². The van der Waals surface area contributed by atoms with Crippen LogP contribution in [0.25, 0.3) is 0 Å². The molecule has 6 rings (SSSR count). The summed E-state index contributed by atoms with van der Waals surface area (Å²) in [7, 11) is 8.31. The first kappa shape index (κ1) is 37.3. The second-order valence-corrected chi connectivity index (χ2v) is 25.0. The van der Waals surface area contributed by atoms with Crippen LogP contribution in [0.15, 0.2) is 24.3 Å². The minimum atomic E-state index is -1.55. The quantitative estimate of drug-likeness (QED) is 0.224. The summed E-state index contributed by atoms with van der Waals surface area (Å²) < 4.78 is 7.12. The van der Waals surface area contributed by atoms with Crippen LogP contribution in [0.4, 0.5) is 0 Å². The van der Waals surface area contributed by atoms with E-state index in [1.54, 1.807) is 5.56 Å². The van der Waals surface area contributed by atoms with Crippen LogP contribution in [-0.4, -0.2) is 20.3 Å². The number of fused-ring (bicyclic) bond motifs is 4. The first-order valence-corrected chi connectivity index (χ1v) is 26.1. The van der Waals surface area contributed by atoms with Gasteiger partial charge in [0, 0.05) is 0 Å². The molecule has 4 saturated carbocycles. The van der Waals surface area contributed by atoms with E-state index in [1.165, 1.54) is 56.9 Å². The molecule has 4 aliphatic carbocycles. The van der Waals surface area contributed by atoms with Crippen molar-refractivity contribution in [1.29, 1.82) is 0 Å². The Morgan fingerprint density at radius 3 is 2.00 bits per heavy atom. The maximum absolute atomic E-state index is 7.12. The molecule has 1 saturated heterocycles. The molecule has 1 aromatic carbocycles. The fourth-order valence-corrected chi connectivity index (χ4v) is 18.0. The number of benzene rings is 1. The van der Waals surface area contributed by atoms with Crippen LogP contribution in [0.2, 0.25) is 24.2 Å². The molecule has 238 valence electrons. The number of halogens is 2. The molecular weight excluding hydrogens is 651 g/mol. The summed E-state index contributed by atoms with van der Waals surface area (Å²) in [6.45, 7) is 20.6. The van der Waals surface area contributed by atoms with Gasteiger partial charge in [0.15, 0.2) is 0 Å². The van der Waals surface area contributed by atoms with Gasteiger partial charge >= 0.3 is 37.9 Å². The Kier molecular flexibility index (Phi) is 13.1. The van der Waals surface area contributed by atoms with Crippen molar-refractivity contribution in [2.45, 2.75) is 141 Å². The average Bonchev–Trinajstić information content (AvgIpc) is 3.52. The van der Waals surface area contributed by atoms with Gasteiger partial charge in [0.05, 0.1) is 20.3 Å². The van der Waals surface area contributed by atoms with Crippen LogP contribution >= 0.6 is 17.0 Å². The molecule has 5 heteroatoms. The summed E-state index contributed by atoms with van der Waals surface area (Å²) in [5, 5.41) is 0. The molecule has 0 aromatic heterocycles. The summed E-state index contributed by atoms with van der Waals surface area (Å²) in [6, 6.07) is 9.89. The van der Waals surface area contributed by atoms with Gasteiger partial charge in [0.2, 0.25) is 0 Å². The normalized spacial score (nSPS) is 40.7. The Bertz CT molecular complexity index is 992. The van der Waals surface area contributed by atoms with Crippen molar-refractivity contribution in [3.8, 4) is 0 Å². The van der Waals surface area contributed by atoms with E-state index in [0.29, 0.717) is 12.2 Å². The van der Waals surface area contributed by atoms with Crippen molar-refractivity contribution in [2.75, 3.05) is 0 Å². The molecule has 0 spiro atoms. The third-order valence-corrected chi connectivity index (χ3v) is 18.4. The van der Waals surface area contributed by atoms with Gasteiger partial charge in [-0.05, 0) is 101 Å². The molecule has 0 radical (unpaired) electrons. The molecule has 0 bridgehead atoms. The Labute approximate surface area is 281 Å². The van der Waals surface area contributed by atoms with E-state index in [4.69, 9.17) is 21.8 Å². The Balaban J connectivity index is 0.000000930. The van der Waals surface area contributed by atoms with Gasteiger partial charge in [-0.15, -0.1) is 0 Å². The van der Waals surface area contributed by atoms with Crippen molar-refractivity contribution in [1.82, 2.24) is 0 Å². The predicted molar refractivity (Wildman–Crippen MR) is 184 cm³/mol. The molecular formula is C37H62Cl2OSiZr. The van der Waals surface area contributed by atoms with Gasteiger partial charge < -0.3 is 19.6 Å². The minimum absolute atomic E-state index is 0. The zero-order valence-corrected chi connectivity index (χ0v) is 33.5. The van der Waals surface area contributed by atoms with E-state index in [1.807, 2.05) is 0 Å². The van der Waals surface area contributed by atoms with Crippen LogP contribution < -0.4 is 0 Å². The van der Waals surface area contributed by atoms with Gasteiger partial charge in [-0.2, -0.15) is 0 Å². The SMILES string of the molecule is CC1CC2C(c3ccc(C(C)(C)C)cc3)CCCC2C1[Si](C)(C)C1C(C)C(C)C2C3CCCCC3OC21.[CH3-].[CH3-].[Cl][Zr+2][Cl]. The first-order chi connectivity index (χ1) is 18.9. The summed E-state index contributed by atoms with van der Waals surface area (Å²) in [5.74, 6) is 6.93. The summed E-state index contributed by atoms with van der Waals surface area (Å²) >= 11 is -0.826. The van der Waals surface area contributed by atoms with E-state index < -0.39 is 28.9 Å². The molecule has 0 amide bonds. The monoisotopic (exact) mass is 710 g/mol. The molecule has 0 N–H and O–H groups in total. The molecule has 12 unspecified atom stereocenters. The summed E-state index contributed by atoms with van der Waals surface area (Å²) in [6.07, 6.45) is 12.6. The van der Waals surface area contributed by atoms with Crippen LogP contribution in [-0.2, 0) is 31.0 Å². The van der Waals surface area contributed by atoms with Crippen LogP contribution in [0.3, 0.4) is 0 Å². The number of rotatable bonds is 3. The van der Waals surface area contributed by atoms with Crippen LogP contribution in [0.5, 0.6) is 0 Å². The van der Waals surface area contributed by atoms with Gasteiger partial charge in [0.1, 0.15) is 0 Å². The van der Waals surface area contributed by atoms with E-state index >= 15 is 0 Å². The Morgan fingerprint density at radius 2 is 1.38 bits per heavy atom. The molecule has 42 heavy (non-hydrogen) atoms. The average molecular weight is 713 g/mol. The van der Waals surface area contributed by atoms with Crippen molar-refractivity contribution < 1.29 is 25.6 Å². The van der Waals surface area contributed by atoms with Crippen LogP contribution in [0, 0.1) is 56.3 Å². The zero-order valence-electron chi connectivity index (χ0n) is 28.6. The first-order valence-electron chi connectivity index (χ1n) is 16.6. The second kappa shape index (κ2) is 14.7. The van der Waals surface area contributed by atoms with Crippen molar-refractivity contribution >= 4 is 25.1 Å². The van der Waals surface area contributed by atoms with E-state index in [2.05, 4.69) is 78.9 Å². The van der Waals surface area contributed by atoms with E-state index in [0.717, 1.165) is 58.4 Å². The fraction of sp³-hybridized carbons (Fsp3) is 0.784. The Morgan fingerprint density at radius 1 is 0.786 bits per heavy atom. The summed E-state index contributed by atoms with van der Waals surface area (Å²) in [4.78, 5) is 0. The molecule has 1 nitrogen and oxygen atoms in total. The zero-order chi connectivity index (χ0) is 29.0. The van der Waals surface area contributed by atoms with E-state index in [9.17, 15) is 0 Å². The molecule has 5 aliphatic rings. The van der Waals surface area contributed by atoms with Crippen molar-refractivity contribution in [2.24, 2.45) is 41.4 Å². The molecule has 1 aromatic rings. The standard InChI is InChI=1S/C35H56OSi.2CH3.2ClH.Zr/c1-21-20-29-26(24-16-18-25(19-17-24)35(4,5)6)13-11-14-27(29)33(21)37(7,8)34-23(3)22(2)31-28-12-9-10-15-30(28)36-32(31)34;;;;;/h16-19,21-23,26-34H,9-15,20H2,1-8H3;2*1H3;2*1H;/q;2*-1;;;+4/p-2. The molecule has 5 fully saturated rings. The second-order valence-electron chi connectivity index (χ2n) is 16.3. The Hall–Kier alpha value is 0.860.